The Bertz CT molecular complexity index is 3140. The van der Waals surface area contributed by atoms with Gasteiger partial charge in [-0.1, -0.05) is 133 Å². The van der Waals surface area contributed by atoms with Crippen molar-refractivity contribution >= 4 is 132 Å². The Labute approximate surface area is 358 Å². The van der Waals surface area contributed by atoms with Crippen molar-refractivity contribution in [1.29, 1.82) is 0 Å². The number of aromatic nitrogens is 4. The second kappa shape index (κ2) is 15.5. The highest BCUT2D eigenvalue weighted by Gasteiger charge is 2.52. The molecular weight excluding hydrogens is 822 g/mol. The Morgan fingerprint density at radius 2 is 0.948 bits per heavy atom. The molecule has 0 radical (unpaired) electrons. The van der Waals surface area contributed by atoms with Crippen molar-refractivity contribution in [2.24, 2.45) is 0 Å². The van der Waals surface area contributed by atoms with Crippen LogP contribution >= 0.6 is 57.5 Å². The van der Waals surface area contributed by atoms with Gasteiger partial charge in [-0.05, 0) is 90.0 Å². The molecule has 11 rings (SSSR count). The molecule has 0 spiro atoms. The normalized spacial score (nSPS) is 14.6. The standard InChI is InChI=1S/C20H11ClN2S.C16H19BO2.C10H4Cl2N2S/c21-20-22-17(14-10-5-7-12-6-1-2-8-13(12)14)19-18(23-20)15-9-3-4-11-16(15)24-19;1-15(2)16(3,4)19-17(18-15)14-11-7-9-12-8-5-6-10-13(12)14;11-9-8-7(13-10(12)14-9)5-3-1-2-4-6(5)15-8/h1-11H;5-11H,1-4H3;1-4H. The number of hydrogen-bond acceptors (Lipinski definition) is 8. The molecule has 0 aliphatic carbocycles. The maximum Gasteiger partial charge on any atom is 0.495 e. The van der Waals surface area contributed by atoms with E-state index in [0.29, 0.717) is 5.15 Å². The second-order valence-electron chi connectivity index (χ2n) is 14.9. The predicted molar refractivity (Wildman–Crippen MR) is 247 cm³/mol. The van der Waals surface area contributed by atoms with Gasteiger partial charge < -0.3 is 9.31 Å². The van der Waals surface area contributed by atoms with Crippen LogP contribution in [0, 0.1) is 0 Å². The molecule has 0 unspecified atom stereocenters. The minimum absolute atomic E-state index is 0.191. The molecular formula is C46H34BCl3N4O2S2. The molecule has 1 aliphatic rings. The highest BCUT2D eigenvalue weighted by atomic mass is 35.5. The zero-order valence-corrected chi connectivity index (χ0v) is 35.7. The molecule has 58 heavy (non-hydrogen) atoms. The smallest absolute Gasteiger partial charge is 0.399 e. The van der Waals surface area contributed by atoms with Gasteiger partial charge in [0.2, 0.25) is 10.6 Å². The van der Waals surface area contributed by atoms with Crippen LogP contribution in [0.3, 0.4) is 0 Å². The van der Waals surface area contributed by atoms with Crippen LogP contribution in [0.15, 0.2) is 133 Å². The zero-order chi connectivity index (χ0) is 40.2. The first-order chi connectivity index (χ1) is 28.0. The van der Waals surface area contributed by atoms with Gasteiger partial charge in [-0.15, -0.1) is 22.7 Å². The molecule has 286 valence electrons. The summed E-state index contributed by atoms with van der Waals surface area (Å²) in [5.74, 6) is 0. The van der Waals surface area contributed by atoms with E-state index < -0.39 is 0 Å². The topological polar surface area (TPSA) is 70.0 Å². The molecule has 1 aliphatic heterocycles. The molecule has 10 aromatic rings. The fourth-order valence-corrected chi connectivity index (χ4v) is 9.97. The molecule has 0 atom stereocenters. The van der Waals surface area contributed by atoms with Gasteiger partial charge in [0.25, 0.3) is 0 Å². The minimum Gasteiger partial charge on any atom is -0.399 e. The summed E-state index contributed by atoms with van der Waals surface area (Å²) in [4.78, 5) is 17.2. The maximum absolute atomic E-state index is 6.26. The summed E-state index contributed by atoms with van der Waals surface area (Å²) >= 11 is 21.4. The predicted octanol–water partition coefficient (Wildman–Crippen LogP) is 13.6. The number of rotatable bonds is 2. The van der Waals surface area contributed by atoms with E-state index in [1.807, 2.05) is 42.5 Å². The van der Waals surface area contributed by atoms with Gasteiger partial charge in [0, 0.05) is 25.7 Å². The van der Waals surface area contributed by atoms with Crippen LogP contribution in [-0.2, 0) is 9.31 Å². The third-order valence-electron chi connectivity index (χ3n) is 10.7. The van der Waals surface area contributed by atoms with Gasteiger partial charge in [-0.2, -0.15) is 0 Å². The van der Waals surface area contributed by atoms with Crippen molar-refractivity contribution in [3.05, 3.63) is 149 Å². The summed E-state index contributed by atoms with van der Waals surface area (Å²) < 4.78 is 16.6. The summed E-state index contributed by atoms with van der Waals surface area (Å²) in [7, 11) is -0.295. The van der Waals surface area contributed by atoms with Gasteiger partial charge in [0.1, 0.15) is 0 Å². The van der Waals surface area contributed by atoms with E-state index in [1.54, 1.807) is 22.7 Å². The van der Waals surface area contributed by atoms with Gasteiger partial charge in [0.05, 0.1) is 37.3 Å². The first-order valence-electron chi connectivity index (χ1n) is 18.6. The molecule has 12 heteroatoms. The molecule has 1 fully saturated rings. The van der Waals surface area contributed by atoms with Crippen LogP contribution in [0.1, 0.15) is 27.7 Å². The van der Waals surface area contributed by atoms with Crippen molar-refractivity contribution in [3.63, 3.8) is 0 Å². The van der Waals surface area contributed by atoms with E-state index in [9.17, 15) is 0 Å². The Morgan fingerprint density at radius 3 is 1.59 bits per heavy atom. The van der Waals surface area contributed by atoms with E-state index in [4.69, 9.17) is 44.1 Å². The molecule has 6 aromatic carbocycles. The Hall–Kier alpha value is -4.71. The Morgan fingerprint density at radius 1 is 0.483 bits per heavy atom. The summed E-state index contributed by atoms with van der Waals surface area (Å²) in [6, 6.07) is 45.5. The lowest BCUT2D eigenvalue weighted by atomic mass is 9.76. The maximum atomic E-state index is 6.26. The molecule has 0 N–H and O–H groups in total. The molecule has 6 nitrogen and oxygen atoms in total. The number of thiophene rings is 2. The molecule has 1 saturated heterocycles. The third kappa shape index (κ3) is 7.19. The van der Waals surface area contributed by atoms with Crippen LogP contribution in [-0.4, -0.2) is 38.3 Å². The van der Waals surface area contributed by atoms with Crippen molar-refractivity contribution in [2.75, 3.05) is 0 Å². The van der Waals surface area contributed by atoms with E-state index in [1.165, 1.54) is 26.2 Å². The summed E-state index contributed by atoms with van der Waals surface area (Å²) in [6.07, 6.45) is 0. The summed E-state index contributed by atoms with van der Waals surface area (Å²) in [5.41, 5.74) is 4.27. The lowest BCUT2D eigenvalue weighted by Crippen LogP contribution is -2.41. The Balaban J connectivity index is 0.000000116. The Kier molecular flexibility index (Phi) is 10.4. The van der Waals surface area contributed by atoms with Crippen LogP contribution in [0.5, 0.6) is 0 Å². The fraction of sp³-hybridized carbons (Fsp3) is 0.130. The molecule has 0 bridgehead atoms. The summed E-state index contributed by atoms with van der Waals surface area (Å²) in [6.45, 7) is 8.33. The number of hydrogen-bond donors (Lipinski definition) is 0. The number of fused-ring (bicyclic) bond motifs is 8. The van der Waals surface area contributed by atoms with Crippen LogP contribution in [0.4, 0.5) is 0 Å². The molecule has 0 amide bonds. The first-order valence-corrected chi connectivity index (χ1v) is 21.4. The number of nitrogens with zero attached hydrogens (tertiary/aromatic N) is 4. The highest BCUT2D eigenvalue weighted by Crippen LogP contribution is 2.41. The van der Waals surface area contributed by atoms with Crippen LogP contribution in [0.25, 0.3) is 73.4 Å². The fourth-order valence-electron chi connectivity index (χ4n) is 7.14. The van der Waals surface area contributed by atoms with Crippen molar-refractivity contribution in [1.82, 2.24) is 19.9 Å². The third-order valence-corrected chi connectivity index (χ3v) is 13.8. The molecule has 5 heterocycles. The van der Waals surface area contributed by atoms with Crippen molar-refractivity contribution in [3.8, 4) is 11.3 Å². The van der Waals surface area contributed by atoms with Gasteiger partial charge >= 0.3 is 7.12 Å². The van der Waals surface area contributed by atoms with Crippen molar-refractivity contribution in [2.45, 2.75) is 38.9 Å². The second-order valence-corrected chi connectivity index (χ2v) is 18.0. The average molecular weight is 856 g/mol. The quantitative estimate of drug-likeness (QED) is 0.0980. The zero-order valence-electron chi connectivity index (χ0n) is 31.8. The largest absolute Gasteiger partial charge is 0.495 e. The number of halogens is 3. The van der Waals surface area contributed by atoms with Gasteiger partial charge in [-0.25, -0.2) is 19.9 Å². The number of benzene rings is 6. The average Bonchev–Trinajstić information content (AvgIpc) is 3.85. The van der Waals surface area contributed by atoms with Crippen LogP contribution in [0.2, 0.25) is 15.7 Å². The lowest BCUT2D eigenvalue weighted by Gasteiger charge is -2.32. The summed E-state index contributed by atoms with van der Waals surface area (Å²) in [5, 5.41) is 7.88. The van der Waals surface area contributed by atoms with Gasteiger partial charge in [0.15, 0.2) is 5.15 Å². The lowest BCUT2D eigenvalue weighted by molar-refractivity contribution is 0.00578. The molecule has 0 saturated carbocycles. The SMILES string of the molecule is CC1(C)OB(c2cccc3ccccc23)OC1(C)C.Clc1nc(-c2cccc3ccccc23)c2sc3ccccc3c2n1.Clc1nc(Cl)c2sc3ccccc3c2n1. The van der Waals surface area contributed by atoms with Gasteiger partial charge in [-0.3, -0.25) is 0 Å². The minimum atomic E-state index is -0.297. The first kappa shape index (κ1) is 38.8. The monoisotopic (exact) mass is 854 g/mol. The van der Waals surface area contributed by atoms with E-state index in [2.05, 4.69) is 139 Å². The van der Waals surface area contributed by atoms with E-state index >= 15 is 0 Å². The van der Waals surface area contributed by atoms with E-state index in [-0.39, 0.29) is 28.9 Å². The molecule has 4 aromatic heterocycles. The van der Waals surface area contributed by atoms with E-state index in [0.717, 1.165) is 52.6 Å². The van der Waals surface area contributed by atoms with Crippen LogP contribution < -0.4 is 5.46 Å². The highest BCUT2D eigenvalue weighted by molar-refractivity contribution is 7.26. The van der Waals surface area contributed by atoms with Crippen molar-refractivity contribution < 1.29 is 9.31 Å².